The Kier molecular flexibility index (Phi) is 4.98. The van der Waals surface area contributed by atoms with Gasteiger partial charge in [0, 0.05) is 15.9 Å². The van der Waals surface area contributed by atoms with E-state index in [9.17, 15) is 13.2 Å². The molecule has 0 nitrogen and oxygen atoms in total. The summed E-state index contributed by atoms with van der Waals surface area (Å²) in [5.41, 5.74) is -3.07. The fraction of sp³-hybridized carbons (Fsp3) is 0.467. The van der Waals surface area contributed by atoms with Crippen LogP contribution in [0, 0.1) is 17.3 Å². The summed E-state index contributed by atoms with van der Waals surface area (Å²) in [7, 11) is 0. The van der Waals surface area contributed by atoms with Crippen LogP contribution in [0.3, 0.4) is 0 Å². The van der Waals surface area contributed by atoms with Crippen molar-refractivity contribution in [2.45, 2.75) is 44.5 Å². The lowest BCUT2D eigenvalue weighted by molar-refractivity contribution is -0.0328. The summed E-state index contributed by atoms with van der Waals surface area (Å²) in [5, 5.41) is 0. The molecule has 104 valence electrons. The number of benzene rings is 1. The zero-order valence-corrected chi connectivity index (χ0v) is 12.3. The van der Waals surface area contributed by atoms with Crippen LogP contribution in [0.4, 0.5) is 13.2 Å². The summed E-state index contributed by atoms with van der Waals surface area (Å²) in [4.78, 5) is 0.168. The topological polar surface area (TPSA) is 0 Å². The lowest BCUT2D eigenvalue weighted by atomic mass is 9.97. The van der Waals surface area contributed by atoms with Crippen molar-refractivity contribution < 1.29 is 13.2 Å². The lowest BCUT2D eigenvalue weighted by Gasteiger charge is -2.10. The Morgan fingerprint density at radius 2 is 1.79 bits per heavy atom. The molecule has 0 unspecified atom stereocenters. The largest absolute Gasteiger partial charge is 0.446 e. The third-order valence-electron chi connectivity index (χ3n) is 2.25. The molecule has 0 atom stereocenters. The Hall–Kier alpha value is -1.08. The molecule has 0 radical (unpaired) electrons. The number of halogens is 3. The molecule has 1 aromatic carbocycles. The number of thioether (sulfide) groups is 1. The van der Waals surface area contributed by atoms with Crippen molar-refractivity contribution in [1.29, 1.82) is 0 Å². The van der Waals surface area contributed by atoms with Gasteiger partial charge in [0.2, 0.25) is 0 Å². The third-order valence-corrected chi connectivity index (χ3v) is 3.06. The highest BCUT2D eigenvalue weighted by atomic mass is 32.2. The summed E-state index contributed by atoms with van der Waals surface area (Å²) < 4.78 is 37.5. The van der Waals surface area contributed by atoms with E-state index in [1.807, 2.05) is 27.7 Å². The molecule has 0 fully saturated rings. The van der Waals surface area contributed by atoms with E-state index in [0.717, 1.165) is 12.0 Å². The molecular formula is C15H17F3S. The highest BCUT2D eigenvalue weighted by Crippen LogP contribution is 2.38. The Morgan fingerprint density at radius 1 is 1.16 bits per heavy atom. The Bertz CT molecular complexity index is 499. The van der Waals surface area contributed by atoms with Crippen molar-refractivity contribution in [3.63, 3.8) is 0 Å². The van der Waals surface area contributed by atoms with Gasteiger partial charge in [0.15, 0.2) is 0 Å². The standard InChI is InChI=1S/C15H17F3S/c1-5-11-6-7-13(19-15(16,17)18)12(10-11)8-9-14(2,3)4/h6-7,10H,5H2,1-4H3. The van der Waals surface area contributed by atoms with Gasteiger partial charge in [-0.3, -0.25) is 0 Å². The number of alkyl halides is 3. The van der Waals surface area contributed by atoms with Crippen LogP contribution in [0.15, 0.2) is 23.1 Å². The van der Waals surface area contributed by atoms with E-state index in [0.29, 0.717) is 5.56 Å². The average Bonchev–Trinajstić information content (AvgIpc) is 2.24. The van der Waals surface area contributed by atoms with Crippen molar-refractivity contribution in [2.75, 3.05) is 0 Å². The molecule has 0 heterocycles. The zero-order valence-electron chi connectivity index (χ0n) is 11.5. The van der Waals surface area contributed by atoms with Crippen LogP contribution >= 0.6 is 11.8 Å². The first kappa shape index (κ1) is 16.0. The molecule has 0 bridgehead atoms. The molecule has 0 aromatic heterocycles. The van der Waals surface area contributed by atoms with Gasteiger partial charge in [-0.15, -0.1) is 0 Å². The molecule has 0 saturated heterocycles. The van der Waals surface area contributed by atoms with Gasteiger partial charge < -0.3 is 0 Å². The first-order valence-corrected chi connectivity index (χ1v) is 6.84. The highest BCUT2D eigenvalue weighted by molar-refractivity contribution is 8.00. The van der Waals surface area contributed by atoms with Crippen molar-refractivity contribution in [3.05, 3.63) is 29.3 Å². The van der Waals surface area contributed by atoms with Gasteiger partial charge in [0.05, 0.1) is 0 Å². The molecule has 0 saturated carbocycles. The number of rotatable bonds is 2. The number of hydrogen-bond donors (Lipinski definition) is 0. The molecule has 1 aromatic rings. The molecule has 0 aliphatic rings. The predicted octanol–water partition coefficient (Wildman–Crippen LogP) is 5.26. The van der Waals surface area contributed by atoms with Crippen LogP contribution in [0.25, 0.3) is 0 Å². The van der Waals surface area contributed by atoms with Crippen LogP contribution in [-0.4, -0.2) is 5.51 Å². The Balaban J connectivity index is 3.19. The summed E-state index contributed by atoms with van der Waals surface area (Å²) in [5.74, 6) is 5.86. The third kappa shape index (κ3) is 6.07. The van der Waals surface area contributed by atoms with Gasteiger partial charge in [0.1, 0.15) is 0 Å². The first-order valence-electron chi connectivity index (χ1n) is 6.02. The second kappa shape index (κ2) is 5.92. The first-order chi connectivity index (χ1) is 8.61. The van der Waals surface area contributed by atoms with Crippen LogP contribution in [0.5, 0.6) is 0 Å². The minimum absolute atomic E-state index is 0.105. The quantitative estimate of drug-likeness (QED) is 0.528. The Morgan fingerprint density at radius 3 is 2.26 bits per heavy atom. The maximum atomic E-state index is 12.5. The molecule has 0 spiro atoms. The fourth-order valence-electron chi connectivity index (χ4n) is 1.36. The monoisotopic (exact) mass is 286 g/mol. The van der Waals surface area contributed by atoms with Gasteiger partial charge >= 0.3 is 5.51 Å². The normalized spacial score (nSPS) is 11.9. The average molecular weight is 286 g/mol. The van der Waals surface area contributed by atoms with Crippen molar-refractivity contribution >= 4 is 11.8 Å². The maximum Gasteiger partial charge on any atom is 0.446 e. The fourth-order valence-corrected chi connectivity index (χ4v) is 1.97. The second-order valence-electron chi connectivity index (χ2n) is 5.23. The van der Waals surface area contributed by atoms with E-state index in [4.69, 9.17) is 0 Å². The van der Waals surface area contributed by atoms with Gasteiger partial charge in [-0.1, -0.05) is 24.8 Å². The molecule has 4 heteroatoms. The van der Waals surface area contributed by atoms with Crippen molar-refractivity contribution in [3.8, 4) is 11.8 Å². The lowest BCUT2D eigenvalue weighted by Crippen LogP contribution is -2.02. The molecule has 0 amide bonds. The predicted molar refractivity (Wildman–Crippen MR) is 74.1 cm³/mol. The minimum Gasteiger partial charge on any atom is -0.160 e. The van der Waals surface area contributed by atoms with Crippen molar-refractivity contribution in [2.24, 2.45) is 5.41 Å². The second-order valence-corrected chi connectivity index (χ2v) is 6.34. The maximum absolute atomic E-state index is 12.5. The number of aryl methyl sites for hydroxylation is 1. The molecule has 19 heavy (non-hydrogen) atoms. The minimum atomic E-state index is -4.29. The van der Waals surface area contributed by atoms with Crippen LogP contribution in [0.1, 0.15) is 38.8 Å². The van der Waals surface area contributed by atoms with Gasteiger partial charge in [0.25, 0.3) is 0 Å². The molecule has 0 N–H and O–H groups in total. The van der Waals surface area contributed by atoms with E-state index in [1.165, 1.54) is 6.07 Å². The number of hydrogen-bond acceptors (Lipinski definition) is 1. The van der Waals surface area contributed by atoms with E-state index in [2.05, 4.69) is 11.8 Å². The SMILES string of the molecule is CCc1ccc(SC(F)(F)F)c(C#CC(C)(C)C)c1. The van der Waals surface area contributed by atoms with Gasteiger partial charge in [-0.05, 0) is 56.7 Å². The van der Waals surface area contributed by atoms with Crippen molar-refractivity contribution in [1.82, 2.24) is 0 Å². The highest BCUT2D eigenvalue weighted by Gasteiger charge is 2.30. The van der Waals surface area contributed by atoms with Gasteiger partial charge in [-0.25, -0.2) is 0 Å². The van der Waals surface area contributed by atoms with Crippen LogP contribution in [0.2, 0.25) is 0 Å². The van der Waals surface area contributed by atoms with E-state index < -0.39 is 5.51 Å². The Labute approximate surface area is 116 Å². The molecular weight excluding hydrogens is 269 g/mol. The smallest absolute Gasteiger partial charge is 0.160 e. The van der Waals surface area contributed by atoms with Gasteiger partial charge in [-0.2, -0.15) is 13.2 Å². The van der Waals surface area contributed by atoms with E-state index in [1.54, 1.807) is 12.1 Å². The van der Waals surface area contributed by atoms with E-state index in [-0.39, 0.29) is 22.1 Å². The summed E-state index contributed by atoms with van der Waals surface area (Å²) >= 11 is -0.105. The summed E-state index contributed by atoms with van der Waals surface area (Å²) in [6, 6.07) is 4.97. The zero-order chi connectivity index (χ0) is 14.7. The van der Waals surface area contributed by atoms with Crippen LogP contribution < -0.4 is 0 Å². The molecule has 0 aliphatic heterocycles. The van der Waals surface area contributed by atoms with E-state index >= 15 is 0 Å². The summed E-state index contributed by atoms with van der Waals surface area (Å²) in [6.07, 6.45) is 0.779. The molecule has 1 rings (SSSR count). The summed E-state index contributed by atoms with van der Waals surface area (Å²) in [6.45, 7) is 7.76. The van der Waals surface area contributed by atoms with Crippen LogP contribution in [-0.2, 0) is 6.42 Å². The molecule has 0 aliphatic carbocycles.